The Hall–Kier alpha value is -3.65. The first-order valence-electron chi connectivity index (χ1n) is 8.98. The molecule has 30 heavy (non-hydrogen) atoms. The van der Waals surface area contributed by atoms with Crippen LogP contribution >= 0.6 is 11.8 Å². The summed E-state index contributed by atoms with van der Waals surface area (Å²) in [4.78, 5) is 14.8. The van der Waals surface area contributed by atoms with Gasteiger partial charge in [-0.05, 0) is 59.8 Å². The third kappa shape index (κ3) is 4.49. The number of furan rings is 1. The van der Waals surface area contributed by atoms with E-state index in [0.29, 0.717) is 27.0 Å². The van der Waals surface area contributed by atoms with Crippen molar-refractivity contribution < 1.29 is 18.7 Å². The molecule has 1 aliphatic rings. The Labute approximate surface area is 176 Å². The van der Waals surface area contributed by atoms with Crippen molar-refractivity contribution in [1.29, 1.82) is 0 Å². The number of carbonyl (C=O) groups excluding carboxylic acids is 1. The molecule has 1 amide bonds. The molecule has 4 rings (SSSR count). The first kappa shape index (κ1) is 19.7. The highest BCUT2D eigenvalue weighted by Gasteiger charge is 2.34. The van der Waals surface area contributed by atoms with Crippen LogP contribution in [0.25, 0.3) is 6.08 Å². The van der Waals surface area contributed by atoms with Crippen LogP contribution in [0.3, 0.4) is 0 Å². The van der Waals surface area contributed by atoms with Crippen molar-refractivity contribution >= 4 is 35.1 Å². The second-order valence-corrected chi connectivity index (χ2v) is 7.33. The van der Waals surface area contributed by atoms with Gasteiger partial charge < -0.3 is 9.52 Å². The van der Waals surface area contributed by atoms with Crippen molar-refractivity contribution in [3.8, 4) is 5.75 Å². The lowest BCUT2D eigenvalue weighted by molar-refractivity contribution is -0.122. The number of halogens is 1. The van der Waals surface area contributed by atoms with Crippen LogP contribution in [-0.4, -0.2) is 27.3 Å². The number of amides is 1. The minimum absolute atomic E-state index is 0.0842. The second-order valence-electron chi connectivity index (χ2n) is 6.32. The number of thioether (sulfide) groups is 1. The highest BCUT2D eigenvalue weighted by Crippen LogP contribution is 2.34. The first-order chi connectivity index (χ1) is 14.6. The van der Waals surface area contributed by atoms with Gasteiger partial charge in [0.1, 0.15) is 17.3 Å². The zero-order chi connectivity index (χ0) is 20.9. The smallest absolute Gasteiger partial charge is 0.267 e. The molecule has 0 radical (unpaired) electrons. The number of benzene rings is 2. The number of carbonyl (C=O) groups is 1. The van der Waals surface area contributed by atoms with Gasteiger partial charge in [-0.2, -0.15) is 5.10 Å². The lowest BCUT2D eigenvalue weighted by Crippen LogP contribution is -2.28. The average molecular weight is 421 g/mol. The summed E-state index contributed by atoms with van der Waals surface area (Å²) in [6.45, 7) is 0.199. The first-order valence-corrected chi connectivity index (χ1v) is 9.80. The number of phenols is 1. The molecule has 0 atom stereocenters. The lowest BCUT2D eigenvalue weighted by Gasteiger charge is -2.12. The monoisotopic (exact) mass is 421 g/mol. The van der Waals surface area contributed by atoms with Crippen molar-refractivity contribution in [3.05, 3.63) is 94.5 Å². The molecule has 0 aliphatic carbocycles. The van der Waals surface area contributed by atoms with Crippen LogP contribution in [0.15, 0.2) is 86.5 Å². The fourth-order valence-corrected chi connectivity index (χ4v) is 3.66. The maximum absolute atomic E-state index is 13.2. The maximum atomic E-state index is 13.2. The quantitative estimate of drug-likeness (QED) is 0.370. The summed E-state index contributed by atoms with van der Waals surface area (Å²) in [5.74, 6) is 0.0882. The SMILES string of the molecule is O=C1/C(=C/c2ccc(F)cc2)S/C(=N/N=C\c2ccccc2O)N1Cc1ccco1. The Kier molecular flexibility index (Phi) is 5.76. The fraction of sp³-hybridized carbons (Fsp3) is 0.0455. The third-order valence-electron chi connectivity index (χ3n) is 4.23. The molecule has 1 saturated heterocycles. The molecule has 0 unspecified atom stereocenters. The summed E-state index contributed by atoms with van der Waals surface area (Å²) in [6, 6.07) is 16.1. The van der Waals surface area contributed by atoms with Crippen LogP contribution in [0, 0.1) is 5.82 Å². The van der Waals surface area contributed by atoms with E-state index in [1.165, 1.54) is 29.5 Å². The van der Waals surface area contributed by atoms with Gasteiger partial charge in [-0.1, -0.05) is 24.3 Å². The fourth-order valence-electron chi connectivity index (χ4n) is 2.73. The van der Waals surface area contributed by atoms with Crippen molar-refractivity contribution in [1.82, 2.24) is 4.90 Å². The van der Waals surface area contributed by atoms with Gasteiger partial charge in [0.05, 0.1) is 23.9 Å². The summed E-state index contributed by atoms with van der Waals surface area (Å²) in [5, 5.41) is 18.4. The van der Waals surface area contributed by atoms with Gasteiger partial charge in [0, 0.05) is 5.56 Å². The van der Waals surface area contributed by atoms with E-state index in [9.17, 15) is 14.3 Å². The Morgan fingerprint density at radius 3 is 2.63 bits per heavy atom. The molecule has 6 nitrogen and oxygen atoms in total. The highest BCUT2D eigenvalue weighted by atomic mass is 32.2. The van der Waals surface area contributed by atoms with E-state index < -0.39 is 0 Å². The van der Waals surface area contributed by atoms with E-state index in [-0.39, 0.29) is 24.0 Å². The highest BCUT2D eigenvalue weighted by molar-refractivity contribution is 8.18. The Balaban J connectivity index is 1.62. The Morgan fingerprint density at radius 2 is 1.90 bits per heavy atom. The van der Waals surface area contributed by atoms with E-state index in [4.69, 9.17) is 4.42 Å². The average Bonchev–Trinajstić information content (AvgIpc) is 3.35. The van der Waals surface area contributed by atoms with E-state index in [1.54, 1.807) is 54.6 Å². The van der Waals surface area contributed by atoms with E-state index in [1.807, 2.05) is 0 Å². The molecule has 3 aromatic rings. The van der Waals surface area contributed by atoms with Crippen LogP contribution in [0.4, 0.5) is 4.39 Å². The zero-order valence-electron chi connectivity index (χ0n) is 15.6. The second kappa shape index (κ2) is 8.79. The molecule has 1 N–H and O–H groups in total. The number of hydrogen-bond donors (Lipinski definition) is 1. The maximum Gasteiger partial charge on any atom is 0.267 e. The predicted molar refractivity (Wildman–Crippen MR) is 114 cm³/mol. The number of phenolic OH excluding ortho intramolecular Hbond substituents is 1. The summed E-state index contributed by atoms with van der Waals surface area (Å²) >= 11 is 1.16. The van der Waals surface area contributed by atoms with Gasteiger partial charge in [0.25, 0.3) is 5.91 Å². The third-order valence-corrected chi connectivity index (χ3v) is 5.22. The number of aromatic hydroxyl groups is 1. The summed E-state index contributed by atoms with van der Waals surface area (Å²) in [6.07, 6.45) is 4.63. The predicted octanol–water partition coefficient (Wildman–Crippen LogP) is 4.63. The largest absolute Gasteiger partial charge is 0.507 e. The molecule has 1 aliphatic heterocycles. The van der Waals surface area contributed by atoms with Gasteiger partial charge in [-0.15, -0.1) is 5.10 Å². The van der Waals surface area contributed by atoms with Crippen molar-refractivity contribution in [2.75, 3.05) is 0 Å². The van der Waals surface area contributed by atoms with Crippen LogP contribution in [0.2, 0.25) is 0 Å². The molecule has 8 heteroatoms. The molecule has 2 aromatic carbocycles. The van der Waals surface area contributed by atoms with E-state index in [0.717, 1.165) is 11.8 Å². The van der Waals surface area contributed by atoms with Crippen molar-refractivity contribution in [3.63, 3.8) is 0 Å². The molecule has 150 valence electrons. The molecule has 0 bridgehead atoms. The molecule has 0 spiro atoms. The summed E-state index contributed by atoms with van der Waals surface area (Å²) in [7, 11) is 0. The van der Waals surface area contributed by atoms with Crippen LogP contribution in [-0.2, 0) is 11.3 Å². The van der Waals surface area contributed by atoms with Crippen LogP contribution in [0.1, 0.15) is 16.9 Å². The zero-order valence-corrected chi connectivity index (χ0v) is 16.4. The van der Waals surface area contributed by atoms with Crippen molar-refractivity contribution in [2.45, 2.75) is 6.54 Å². The topological polar surface area (TPSA) is 78.4 Å². The normalized spacial score (nSPS) is 17.0. The standard InChI is InChI=1S/C22H16FN3O3S/c23-17-9-7-15(8-10-17)12-20-21(28)26(14-18-5-3-11-29-18)22(30-20)25-24-13-16-4-1-2-6-19(16)27/h1-13,27H,14H2/b20-12-,24-13-,25-22+. The lowest BCUT2D eigenvalue weighted by atomic mass is 10.2. The Bertz CT molecular complexity index is 1140. The van der Waals surface area contributed by atoms with Gasteiger partial charge in [0.15, 0.2) is 5.17 Å². The molecular formula is C22H16FN3O3S. The molecule has 1 aromatic heterocycles. The van der Waals surface area contributed by atoms with Gasteiger partial charge in [-0.3, -0.25) is 9.69 Å². The minimum atomic E-state index is -0.345. The molecule has 1 fully saturated rings. The van der Waals surface area contributed by atoms with Gasteiger partial charge >= 0.3 is 0 Å². The number of rotatable bonds is 5. The molecule has 0 saturated carbocycles. The summed E-state index contributed by atoms with van der Waals surface area (Å²) in [5.41, 5.74) is 1.21. The number of amidine groups is 1. The van der Waals surface area contributed by atoms with E-state index >= 15 is 0 Å². The van der Waals surface area contributed by atoms with Gasteiger partial charge in [-0.25, -0.2) is 4.39 Å². The number of nitrogens with zero attached hydrogens (tertiary/aromatic N) is 3. The van der Waals surface area contributed by atoms with Crippen LogP contribution in [0.5, 0.6) is 5.75 Å². The molecule has 2 heterocycles. The minimum Gasteiger partial charge on any atom is -0.507 e. The van der Waals surface area contributed by atoms with E-state index in [2.05, 4.69) is 10.2 Å². The number of para-hydroxylation sites is 1. The van der Waals surface area contributed by atoms with Gasteiger partial charge in [0.2, 0.25) is 0 Å². The van der Waals surface area contributed by atoms with Crippen molar-refractivity contribution in [2.24, 2.45) is 10.2 Å². The van der Waals surface area contributed by atoms with Crippen LogP contribution < -0.4 is 0 Å². The Morgan fingerprint density at radius 1 is 1.10 bits per heavy atom. The molecular weight excluding hydrogens is 405 g/mol. The summed E-state index contributed by atoms with van der Waals surface area (Å²) < 4.78 is 18.5. The number of hydrogen-bond acceptors (Lipinski definition) is 6.